The summed E-state index contributed by atoms with van der Waals surface area (Å²) in [6, 6.07) is 5.42. The van der Waals surface area contributed by atoms with Gasteiger partial charge in [0.1, 0.15) is 5.69 Å². The monoisotopic (exact) mass is 311 g/mol. The van der Waals surface area contributed by atoms with Crippen LogP contribution in [0.4, 0.5) is 5.95 Å². The topological polar surface area (TPSA) is 71.0 Å². The highest BCUT2D eigenvalue weighted by Crippen LogP contribution is 2.19. The van der Waals surface area contributed by atoms with E-state index in [1.807, 2.05) is 12.1 Å². The van der Waals surface area contributed by atoms with Gasteiger partial charge in [0.25, 0.3) is 5.91 Å². The van der Waals surface area contributed by atoms with Crippen molar-refractivity contribution >= 4 is 11.9 Å². The number of rotatable bonds is 4. The molecule has 1 N–H and O–H groups in total. The highest BCUT2D eigenvalue weighted by Gasteiger charge is 2.19. The average molecular weight is 311 g/mol. The Kier molecular flexibility index (Phi) is 4.80. The number of amides is 1. The summed E-state index contributed by atoms with van der Waals surface area (Å²) in [6.07, 6.45) is 7.38. The van der Waals surface area contributed by atoms with Crippen molar-refractivity contribution in [3.05, 3.63) is 48.0 Å². The van der Waals surface area contributed by atoms with Crippen LogP contribution < -0.4 is 10.2 Å². The first-order valence-corrected chi connectivity index (χ1v) is 7.97. The minimum Gasteiger partial charge on any atom is -0.347 e. The van der Waals surface area contributed by atoms with Gasteiger partial charge < -0.3 is 10.2 Å². The van der Waals surface area contributed by atoms with Gasteiger partial charge in [0.15, 0.2) is 0 Å². The molecule has 0 aliphatic carbocycles. The Morgan fingerprint density at radius 3 is 2.87 bits per heavy atom. The fourth-order valence-corrected chi connectivity index (χ4v) is 2.61. The SMILES string of the molecule is CC1CCN(c2nccc(C(=O)NCc3cccnc3)n2)CC1. The summed E-state index contributed by atoms with van der Waals surface area (Å²) in [4.78, 5) is 27.2. The van der Waals surface area contributed by atoms with E-state index in [9.17, 15) is 4.79 Å². The number of pyridine rings is 1. The summed E-state index contributed by atoms with van der Waals surface area (Å²) in [5.74, 6) is 1.20. The molecule has 0 unspecified atom stereocenters. The third-order valence-corrected chi connectivity index (χ3v) is 4.12. The van der Waals surface area contributed by atoms with Gasteiger partial charge in [0, 0.05) is 38.2 Å². The Labute approximate surface area is 136 Å². The van der Waals surface area contributed by atoms with Crippen LogP contribution in [0.2, 0.25) is 0 Å². The van der Waals surface area contributed by atoms with Crippen LogP contribution in [-0.2, 0) is 6.54 Å². The van der Waals surface area contributed by atoms with E-state index in [2.05, 4.69) is 32.1 Å². The molecule has 120 valence electrons. The highest BCUT2D eigenvalue weighted by molar-refractivity contribution is 5.92. The maximum absolute atomic E-state index is 12.3. The number of nitrogens with zero attached hydrogens (tertiary/aromatic N) is 4. The second-order valence-electron chi connectivity index (χ2n) is 5.96. The standard InChI is InChI=1S/C17H21N5O/c1-13-5-9-22(10-6-13)17-19-8-4-15(21-17)16(23)20-12-14-3-2-7-18-11-14/h2-4,7-8,11,13H,5-6,9-10,12H2,1H3,(H,20,23). The molecule has 6 heteroatoms. The van der Waals surface area contributed by atoms with Crippen LogP contribution in [0.5, 0.6) is 0 Å². The first kappa shape index (κ1) is 15.4. The average Bonchev–Trinajstić information content (AvgIpc) is 2.61. The molecule has 3 rings (SSSR count). The van der Waals surface area contributed by atoms with Crippen molar-refractivity contribution in [2.24, 2.45) is 5.92 Å². The van der Waals surface area contributed by atoms with Crippen molar-refractivity contribution in [1.82, 2.24) is 20.3 Å². The van der Waals surface area contributed by atoms with Gasteiger partial charge >= 0.3 is 0 Å². The summed E-state index contributed by atoms with van der Waals surface area (Å²) in [7, 11) is 0. The fraction of sp³-hybridized carbons (Fsp3) is 0.412. The molecule has 6 nitrogen and oxygen atoms in total. The molecular weight excluding hydrogens is 290 g/mol. The summed E-state index contributed by atoms with van der Waals surface area (Å²) in [5.41, 5.74) is 1.36. The lowest BCUT2D eigenvalue weighted by Crippen LogP contribution is -2.34. The molecule has 2 aromatic rings. The number of hydrogen-bond donors (Lipinski definition) is 1. The second kappa shape index (κ2) is 7.17. The molecule has 0 bridgehead atoms. The van der Waals surface area contributed by atoms with Crippen molar-refractivity contribution < 1.29 is 4.79 Å². The Bertz CT molecular complexity index is 653. The van der Waals surface area contributed by atoms with E-state index in [0.717, 1.165) is 37.4 Å². The van der Waals surface area contributed by atoms with Gasteiger partial charge in [-0.2, -0.15) is 0 Å². The third-order valence-electron chi connectivity index (χ3n) is 4.12. The Morgan fingerprint density at radius 2 is 2.13 bits per heavy atom. The fourth-order valence-electron chi connectivity index (χ4n) is 2.61. The van der Waals surface area contributed by atoms with Crippen molar-refractivity contribution in [2.45, 2.75) is 26.3 Å². The second-order valence-corrected chi connectivity index (χ2v) is 5.96. The van der Waals surface area contributed by atoms with E-state index in [1.165, 1.54) is 0 Å². The van der Waals surface area contributed by atoms with Crippen LogP contribution in [0.1, 0.15) is 35.8 Å². The largest absolute Gasteiger partial charge is 0.347 e. The van der Waals surface area contributed by atoms with Gasteiger partial charge in [-0.1, -0.05) is 13.0 Å². The van der Waals surface area contributed by atoms with E-state index in [-0.39, 0.29) is 5.91 Å². The van der Waals surface area contributed by atoms with Crippen LogP contribution in [0, 0.1) is 5.92 Å². The molecule has 0 aromatic carbocycles. The van der Waals surface area contributed by atoms with Crippen LogP contribution in [0.3, 0.4) is 0 Å². The molecule has 0 saturated carbocycles. The van der Waals surface area contributed by atoms with Crippen LogP contribution in [0.25, 0.3) is 0 Å². The summed E-state index contributed by atoms with van der Waals surface area (Å²) in [5, 5.41) is 2.86. The van der Waals surface area contributed by atoms with Crippen molar-refractivity contribution in [3.8, 4) is 0 Å². The van der Waals surface area contributed by atoms with E-state index in [4.69, 9.17) is 0 Å². The smallest absolute Gasteiger partial charge is 0.270 e. The number of carbonyl (C=O) groups is 1. The van der Waals surface area contributed by atoms with Crippen LogP contribution >= 0.6 is 0 Å². The molecule has 1 fully saturated rings. The molecule has 3 heterocycles. The number of piperidine rings is 1. The van der Waals surface area contributed by atoms with E-state index < -0.39 is 0 Å². The van der Waals surface area contributed by atoms with Gasteiger partial charge in [-0.25, -0.2) is 9.97 Å². The Balaban J connectivity index is 1.63. The van der Waals surface area contributed by atoms with Crippen molar-refractivity contribution in [3.63, 3.8) is 0 Å². The molecule has 0 atom stereocenters. The van der Waals surface area contributed by atoms with Gasteiger partial charge in [-0.05, 0) is 36.5 Å². The number of carbonyl (C=O) groups excluding carboxylic acids is 1. The lowest BCUT2D eigenvalue weighted by molar-refractivity contribution is 0.0945. The van der Waals surface area contributed by atoms with Crippen LogP contribution in [-0.4, -0.2) is 33.9 Å². The molecular formula is C17H21N5O. The zero-order chi connectivity index (χ0) is 16.1. The summed E-state index contributed by atoms with van der Waals surface area (Å²) in [6.45, 7) is 4.59. The summed E-state index contributed by atoms with van der Waals surface area (Å²) >= 11 is 0. The van der Waals surface area contributed by atoms with Crippen LogP contribution in [0.15, 0.2) is 36.8 Å². The molecule has 23 heavy (non-hydrogen) atoms. The number of hydrogen-bond acceptors (Lipinski definition) is 5. The molecule has 0 radical (unpaired) electrons. The normalized spacial score (nSPS) is 15.4. The quantitative estimate of drug-likeness (QED) is 0.935. The summed E-state index contributed by atoms with van der Waals surface area (Å²) < 4.78 is 0. The number of aromatic nitrogens is 3. The first-order valence-electron chi connectivity index (χ1n) is 7.97. The van der Waals surface area contributed by atoms with E-state index in [0.29, 0.717) is 18.2 Å². The predicted molar refractivity (Wildman–Crippen MR) is 88.1 cm³/mol. The molecule has 2 aromatic heterocycles. The Hall–Kier alpha value is -2.50. The lowest BCUT2D eigenvalue weighted by atomic mass is 10.00. The van der Waals surface area contributed by atoms with Crippen molar-refractivity contribution in [1.29, 1.82) is 0 Å². The minimum absolute atomic E-state index is 0.192. The van der Waals surface area contributed by atoms with Crippen molar-refractivity contribution in [2.75, 3.05) is 18.0 Å². The van der Waals surface area contributed by atoms with Gasteiger partial charge in [0.05, 0.1) is 0 Å². The molecule has 1 aliphatic heterocycles. The third kappa shape index (κ3) is 4.03. The van der Waals surface area contributed by atoms with Gasteiger partial charge in [-0.15, -0.1) is 0 Å². The van der Waals surface area contributed by atoms with E-state index >= 15 is 0 Å². The molecule has 1 aliphatic rings. The maximum atomic E-state index is 12.3. The first-order chi connectivity index (χ1) is 11.2. The Morgan fingerprint density at radius 1 is 1.30 bits per heavy atom. The number of anilines is 1. The zero-order valence-electron chi connectivity index (χ0n) is 13.3. The van der Waals surface area contributed by atoms with E-state index in [1.54, 1.807) is 24.7 Å². The lowest BCUT2D eigenvalue weighted by Gasteiger charge is -2.30. The molecule has 1 amide bonds. The highest BCUT2D eigenvalue weighted by atomic mass is 16.1. The molecule has 0 spiro atoms. The number of nitrogens with one attached hydrogen (secondary N) is 1. The van der Waals surface area contributed by atoms with Gasteiger partial charge in [-0.3, -0.25) is 9.78 Å². The predicted octanol–water partition coefficient (Wildman–Crippen LogP) is 2.04. The zero-order valence-corrected chi connectivity index (χ0v) is 13.3. The minimum atomic E-state index is -0.192. The van der Waals surface area contributed by atoms with Gasteiger partial charge in [0.2, 0.25) is 5.95 Å². The molecule has 1 saturated heterocycles. The maximum Gasteiger partial charge on any atom is 0.270 e.